The monoisotopic (exact) mass is 134 g/mol. The molecule has 0 N–H and O–H groups in total. The Morgan fingerprint density at radius 3 is 2.78 bits per heavy atom. The number of rotatable bonds is 5. The van der Waals surface area contributed by atoms with Crippen LogP contribution >= 0.6 is 0 Å². The van der Waals surface area contributed by atoms with Crippen molar-refractivity contribution in [2.24, 2.45) is 0 Å². The van der Waals surface area contributed by atoms with Crippen molar-refractivity contribution in [3.8, 4) is 0 Å². The molecule has 0 aliphatic carbocycles. The highest BCUT2D eigenvalue weighted by atomic mass is 19.3. The fraction of sp³-hybridized carbons (Fsp3) is 0.667. The maximum atomic E-state index is 11.2. The second kappa shape index (κ2) is 5.56. The third-order valence-electron chi connectivity index (χ3n) is 0.913. The fourth-order valence-corrected chi connectivity index (χ4v) is 0.452. The van der Waals surface area contributed by atoms with Crippen molar-refractivity contribution in [1.82, 2.24) is 0 Å². The van der Waals surface area contributed by atoms with Crippen LogP contribution in [0.15, 0.2) is 12.3 Å². The predicted octanol–water partition coefficient (Wildman–Crippen LogP) is 1.83. The van der Waals surface area contributed by atoms with E-state index in [2.05, 4.69) is 11.5 Å². The molecule has 0 unspecified atom stereocenters. The normalized spacial score (nSPS) is 9.11. The highest BCUT2D eigenvalue weighted by Gasteiger charge is 1.93. The van der Waals surface area contributed by atoms with Gasteiger partial charge in [-0.25, -0.2) is 0 Å². The average Bonchev–Trinajstić information content (AvgIpc) is 1.89. The Bertz CT molecular complexity index is 83.1. The standard InChI is InChI=1S/C6H11FO2/c1-6(9-7)4-3-5-8-2/h1,3-5H2,2H3. The van der Waals surface area contributed by atoms with Crippen LogP contribution in [0, 0.1) is 0 Å². The molecule has 0 rings (SSSR count). The molecule has 0 aromatic heterocycles. The van der Waals surface area contributed by atoms with Crippen LogP contribution in [-0.2, 0) is 9.68 Å². The largest absolute Gasteiger partial charge is 0.385 e. The Morgan fingerprint density at radius 1 is 1.67 bits per heavy atom. The van der Waals surface area contributed by atoms with Crippen molar-refractivity contribution >= 4 is 0 Å². The Hall–Kier alpha value is -0.570. The molecule has 0 heterocycles. The average molecular weight is 134 g/mol. The van der Waals surface area contributed by atoms with E-state index in [1.54, 1.807) is 7.11 Å². The topological polar surface area (TPSA) is 18.5 Å². The first-order valence-corrected chi connectivity index (χ1v) is 2.76. The Morgan fingerprint density at radius 2 is 2.33 bits per heavy atom. The number of allylic oxidation sites excluding steroid dienone is 1. The molecule has 9 heavy (non-hydrogen) atoms. The van der Waals surface area contributed by atoms with Crippen LogP contribution in [0.4, 0.5) is 4.53 Å². The maximum Gasteiger partial charge on any atom is 0.141 e. The summed E-state index contributed by atoms with van der Waals surface area (Å²) in [4.78, 5) is 3.35. The number of hydrogen-bond donors (Lipinski definition) is 0. The summed E-state index contributed by atoms with van der Waals surface area (Å²) in [5.41, 5.74) is 0. The summed E-state index contributed by atoms with van der Waals surface area (Å²) < 4.78 is 15.9. The summed E-state index contributed by atoms with van der Waals surface area (Å²) >= 11 is 0. The quantitative estimate of drug-likeness (QED) is 0.422. The molecule has 54 valence electrons. The molecule has 0 aliphatic rings. The van der Waals surface area contributed by atoms with Crippen molar-refractivity contribution < 1.29 is 14.2 Å². The third-order valence-corrected chi connectivity index (χ3v) is 0.913. The van der Waals surface area contributed by atoms with Gasteiger partial charge in [-0.15, -0.1) is 0 Å². The highest BCUT2D eigenvalue weighted by molar-refractivity contribution is 4.79. The van der Waals surface area contributed by atoms with E-state index in [0.29, 0.717) is 13.0 Å². The van der Waals surface area contributed by atoms with Crippen molar-refractivity contribution in [1.29, 1.82) is 0 Å². The van der Waals surface area contributed by atoms with Gasteiger partial charge in [-0.3, -0.25) is 4.94 Å². The molecule has 2 nitrogen and oxygen atoms in total. The van der Waals surface area contributed by atoms with Crippen molar-refractivity contribution in [2.75, 3.05) is 13.7 Å². The molecule has 0 amide bonds. The van der Waals surface area contributed by atoms with Gasteiger partial charge < -0.3 is 4.74 Å². The summed E-state index contributed by atoms with van der Waals surface area (Å²) in [6.07, 6.45) is 1.27. The maximum absolute atomic E-state index is 11.2. The molecular weight excluding hydrogens is 123 g/mol. The second-order valence-electron chi connectivity index (χ2n) is 1.71. The van der Waals surface area contributed by atoms with Gasteiger partial charge in [-0.2, -0.15) is 0 Å². The summed E-state index contributed by atoms with van der Waals surface area (Å²) in [6.45, 7) is 3.91. The number of ether oxygens (including phenoxy) is 1. The van der Waals surface area contributed by atoms with E-state index in [4.69, 9.17) is 4.74 Å². The van der Waals surface area contributed by atoms with Crippen LogP contribution < -0.4 is 0 Å². The number of hydrogen-bond acceptors (Lipinski definition) is 2. The molecule has 0 spiro atoms. The van der Waals surface area contributed by atoms with Crippen LogP contribution in [0.25, 0.3) is 0 Å². The lowest BCUT2D eigenvalue weighted by atomic mass is 10.3. The molecule has 0 aromatic rings. The SMILES string of the molecule is C=C(CCCOC)OF. The molecule has 0 radical (unpaired) electrons. The highest BCUT2D eigenvalue weighted by Crippen LogP contribution is 2.03. The van der Waals surface area contributed by atoms with E-state index in [-0.39, 0.29) is 5.76 Å². The van der Waals surface area contributed by atoms with Gasteiger partial charge >= 0.3 is 0 Å². The third kappa shape index (κ3) is 5.30. The van der Waals surface area contributed by atoms with E-state index in [1.165, 1.54) is 0 Å². The number of halogens is 1. The lowest BCUT2D eigenvalue weighted by molar-refractivity contribution is -0.0868. The smallest absolute Gasteiger partial charge is 0.141 e. The molecule has 0 bridgehead atoms. The van der Waals surface area contributed by atoms with Crippen molar-refractivity contribution in [3.05, 3.63) is 12.3 Å². The van der Waals surface area contributed by atoms with Gasteiger partial charge in [0.25, 0.3) is 0 Å². The van der Waals surface area contributed by atoms with Gasteiger partial charge in [0.15, 0.2) is 0 Å². The Balaban J connectivity index is 2.97. The van der Waals surface area contributed by atoms with Crippen LogP contribution in [0.3, 0.4) is 0 Å². The molecule has 0 atom stereocenters. The van der Waals surface area contributed by atoms with Crippen molar-refractivity contribution in [2.45, 2.75) is 12.8 Å². The minimum Gasteiger partial charge on any atom is -0.385 e. The lowest BCUT2D eigenvalue weighted by Crippen LogP contribution is -1.89. The first-order chi connectivity index (χ1) is 4.31. The fourth-order valence-electron chi connectivity index (χ4n) is 0.452. The molecule has 0 aliphatic heterocycles. The minimum absolute atomic E-state index is 0.159. The molecule has 0 saturated heterocycles. The van der Waals surface area contributed by atoms with Gasteiger partial charge in [0, 0.05) is 24.7 Å². The van der Waals surface area contributed by atoms with Crippen molar-refractivity contribution in [3.63, 3.8) is 0 Å². The zero-order chi connectivity index (χ0) is 7.11. The van der Waals surface area contributed by atoms with Gasteiger partial charge in [-0.05, 0) is 6.42 Å². The van der Waals surface area contributed by atoms with E-state index in [0.717, 1.165) is 6.42 Å². The van der Waals surface area contributed by atoms with E-state index in [9.17, 15) is 4.53 Å². The molecule has 0 fully saturated rings. The predicted molar refractivity (Wildman–Crippen MR) is 32.4 cm³/mol. The molecule has 0 saturated carbocycles. The Labute approximate surface area is 54.2 Å². The summed E-state index contributed by atoms with van der Waals surface area (Å²) in [7, 11) is 1.60. The summed E-state index contributed by atoms with van der Waals surface area (Å²) in [5.74, 6) is 0.159. The molecular formula is C6H11FO2. The van der Waals surface area contributed by atoms with Gasteiger partial charge in [0.2, 0.25) is 0 Å². The number of methoxy groups -OCH3 is 1. The van der Waals surface area contributed by atoms with Crippen LogP contribution in [0.5, 0.6) is 0 Å². The molecule has 0 aromatic carbocycles. The van der Waals surface area contributed by atoms with Gasteiger partial charge in [0.05, 0.1) is 0 Å². The first kappa shape index (κ1) is 8.43. The van der Waals surface area contributed by atoms with Gasteiger partial charge in [-0.1, -0.05) is 6.58 Å². The van der Waals surface area contributed by atoms with Crippen LogP contribution in [-0.4, -0.2) is 13.7 Å². The summed E-state index contributed by atoms with van der Waals surface area (Å²) in [6, 6.07) is 0. The zero-order valence-corrected chi connectivity index (χ0v) is 5.52. The second-order valence-corrected chi connectivity index (χ2v) is 1.71. The van der Waals surface area contributed by atoms with E-state index < -0.39 is 0 Å². The Kier molecular flexibility index (Phi) is 5.21. The first-order valence-electron chi connectivity index (χ1n) is 2.76. The zero-order valence-electron chi connectivity index (χ0n) is 5.52. The van der Waals surface area contributed by atoms with Gasteiger partial charge in [0.1, 0.15) is 5.76 Å². The van der Waals surface area contributed by atoms with Crippen LogP contribution in [0.2, 0.25) is 0 Å². The van der Waals surface area contributed by atoms with E-state index in [1.807, 2.05) is 0 Å². The summed E-state index contributed by atoms with van der Waals surface area (Å²) in [5, 5.41) is 0. The lowest BCUT2D eigenvalue weighted by Gasteiger charge is -1.97. The molecule has 3 heteroatoms. The van der Waals surface area contributed by atoms with Crippen LogP contribution in [0.1, 0.15) is 12.8 Å². The minimum atomic E-state index is 0.159. The van der Waals surface area contributed by atoms with E-state index >= 15 is 0 Å².